The molecule has 0 radical (unpaired) electrons. The number of hydrogen-bond donors (Lipinski definition) is 2. The first-order valence-electron chi connectivity index (χ1n) is 9.29. The van der Waals surface area contributed by atoms with E-state index in [1.54, 1.807) is 7.11 Å². The molecule has 1 heterocycles. The highest BCUT2D eigenvalue weighted by Crippen LogP contribution is 2.25. The average Bonchev–Trinajstić information content (AvgIpc) is 2.67. The first-order chi connectivity index (χ1) is 12.3. The zero-order valence-corrected chi connectivity index (χ0v) is 15.0. The molecular formula is C20H28N4O. The van der Waals surface area contributed by atoms with E-state index in [1.165, 1.54) is 32.1 Å². The fraction of sp³-hybridized carbons (Fsp3) is 0.500. The van der Waals surface area contributed by atoms with Gasteiger partial charge >= 0.3 is 0 Å². The maximum absolute atomic E-state index is 5.10. The molecular weight excluding hydrogens is 312 g/mol. The number of nitrogens with one attached hydrogen (secondary N) is 2. The first kappa shape index (κ1) is 17.7. The molecule has 2 N–H and O–H groups in total. The van der Waals surface area contributed by atoms with Gasteiger partial charge in [0.25, 0.3) is 0 Å². The van der Waals surface area contributed by atoms with Crippen molar-refractivity contribution in [2.24, 2.45) is 0 Å². The zero-order valence-electron chi connectivity index (χ0n) is 15.0. The van der Waals surface area contributed by atoms with Crippen molar-refractivity contribution < 1.29 is 4.74 Å². The van der Waals surface area contributed by atoms with Crippen LogP contribution in [0.15, 0.2) is 36.4 Å². The van der Waals surface area contributed by atoms with Gasteiger partial charge < -0.3 is 15.4 Å². The molecule has 5 nitrogen and oxygen atoms in total. The Morgan fingerprint density at radius 1 is 1.08 bits per heavy atom. The van der Waals surface area contributed by atoms with Gasteiger partial charge in [-0.1, -0.05) is 49.6 Å². The maximum Gasteiger partial charge on any atom is 0.225 e. The lowest BCUT2D eigenvalue weighted by Crippen LogP contribution is -2.23. The summed E-state index contributed by atoms with van der Waals surface area (Å²) in [6.45, 7) is 1.54. The van der Waals surface area contributed by atoms with Gasteiger partial charge in [-0.2, -0.15) is 4.98 Å². The topological polar surface area (TPSA) is 59.1 Å². The molecule has 0 amide bonds. The first-order valence-corrected chi connectivity index (χ1v) is 9.29. The van der Waals surface area contributed by atoms with Crippen molar-refractivity contribution in [3.63, 3.8) is 0 Å². The Hall–Kier alpha value is -2.14. The number of anilines is 2. The van der Waals surface area contributed by atoms with Crippen molar-refractivity contribution in [2.45, 2.75) is 44.6 Å². The number of rotatable bonds is 8. The maximum atomic E-state index is 5.10. The average molecular weight is 340 g/mol. The van der Waals surface area contributed by atoms with Gasteiger partial charge in [0, 0.05) is 37.9 Å². The molecule has 3 rings (SSSR count). The van der Waals surface area contributed by atoms with E-state index in [-0.39, 0.29) is 0 Å². The molecule has 1 aromatic heterocycles. The van der Waals surface area contributed by atoms with Crippen molar-refractivity contribution in [3.05, 3.63) is 36.4 Å². The van der Waals surface area contributed by atoms with Gasteiger partial charge in [-0.15, -0.1) is 0 Å². The third kappa shape index (κ3) is 5.43. The summed E-state index contributed by atoms with van der Waals surface area (Å²) in [5.41, 5.74) is 2.06. The van der Waals surface area contributed by atoms with Crippen LogP contribution in [0.3, 0.4) is 0 Å². The fourth-order valence-corrected chi connectivity index (χ4v) is 3.23. The summed E-state index contributed by atoms with van der Waals surface area (Å²) in [5.74, 6) is 1.59. The second-order valence-electron chi connectivity index (χ2n) is 6.58. The summed E-state index contributed by atoms with van der Waals surface area (Å²) in [6.07, 6.45) is 7.33. The quantitative estimate of drug-likeness (QED) is 0.700. The summed E-state index contributed by atoms with van der Waals surface area (Å²) >= 11 is 0. The highest BCUT2D eigenvalue weighted by atomic mass is 16.5. The molecule has 134 valence electrons. The van der Waals surface area contributed by atoms with E-state index in [9.17, 15) is 0 Å². The van der Waals surface area contributed by atoms with Crippen LogP contribution in [0.2, 0.25) is 0 Å². The molecule has 25 heavy (non-hydrogen) atoms. The van der Waals surface area contributed by atoms with Gasteiger partial charge in [0.05, 0.1) is 5.69 Å². The van der Waals surface area contributed by atoms with E-state index in [0.29, 0.717) is 12.0 Å². The van der Waals surface area contributed by atoms with Crippen LogP contribution in [0.4, 0.5) is 11.8 Å². The second kappa shape index (κ2) is 9.37. The van der Waals surface area contributed by atoms with Gasteiger partial charge in [0.15, 0.2) is 0 Å². The Bertz CT molecular complexity index is 641. The molecule has 1 aliphatic rings. The standard InChI is InChI=1S/C20H28N4O/c1-25-14-8-13-21-20-23-18(16-9-4-2-5-10-16)15-19(24-20)22-17-11-6-3-7-12-17/h2,4-5,9-10,15,17H,3,6-8,11-14H2,1H3,(H2,21,22,23,24). The van der Waals surface area contributed by atoms with Gasteiger partial charge in [0.2, 0.25) is 5.95 Å². The molecule has 0 unspecified atom stereocenters. The lowest BCUT2D eigenvalue weighted by atomic mass is 9.95. The van der Waals surface area contributed by atoms with Crippen LogP contribution >= 0.6 is 0 Å². The number of aromatic nitrogens is 2. The van der Waals surface area contributed by atoms with E-state index in [0.717, 1.165) is 36.6 Å². The smallest absolute Gasteiger partial charge is 0.225 e. The summed E-state index contributed by atoms with van der Waals surface area (Å²) in [4.78, 5) is 9.37. The molecule has 0 aliphatic heterocycles. The number of methoxy groups -OCH3 is 1. The van der Waals surface area contributed by atoms with E-state index < -0.39 is 0 Å². The van der Waals surface area contributed by atoms with Crippen LogP contribution in [-0.2, 0) is 4.74 Å². The predicted octanol–water partition coefficient (Wildman–Crippen LogP) is 4.34. The van der Waals surface area contributed by atoms with E-state index >= 15 is 0 Å². The van der Waals surface area contributed by atoms with Gasteiger partial charge in [-0.05, 0) is 19.3 Å². The summed E-state index contributed by atoms with van der Waals surface area (Å²) in [6, 6.07) is 12.9. The number of ether oxygens (including phenoxy) is 1. The highest BCUT2D eigenvalue weighted by molar-refractivity contribution is 5.64. The van der Waals surface area contributed by atoms with Gasteiger partial charge in [0.1, 0.15) is 5.82 Å². The molecule has 1 fully saturated rings. The minimum Gasteiger partial charge on any atom is -0.385 e. The minimum absolute atomic E-state index is 0.522. The van der Waals surface area contributed by atoms with E-state index in [4.69, 9.17) is 9.72 Å². The summed E-state index contributed by atoms with van der Waals surface area (Å²) in [7, 11) is 1.72. The van der Waals surface area contributed by atoms with E-state index in [1.807, 2.05) is 18.2 Å². The Morgan fingerprint density at radius 2 is 1.88 bits per heavy atom. The monoisotopic (exact) mass is 340 g/mol. The van der Waals surface area contributed by atoms with Gasteiger partial charge in [-0.3, -0.25) is 0 Å². The Morgan fingerprint density at radius 3 is 2.64 bits per heavy atom. The lowest BCUT2D eigenvalue weighted by molar-refractivity contribution is 0.197. The molecule has 1 aliphatic carbocycles. The second-order valence-corrected chi connectivity index (χ2v) is 6.58. The number of hydrogen-bond acceptors (Lipinski definition) is 5. The lowest BCUT2D eigenvalue weighted by Gasteiger charge is -2.23. The third-order valence-corrected chi connectivity index (χ3v) is 4.56. The third-order valence-electron chi connectivity index (χ3n) is 4.56. The Kier molecular flexibility index (Phi) is 6.63. The molecule has 0 spiro atoms. The van der Waals surface area contributed by atoms with Gasteiger partial charge in [-0.25, -0.2) is 4.98 Å². The van der Waals surface area contributed by atoms with Crippen molar-refractivity contribution in [3.8, 4) is 11.3 Å². The normalized spacial score (nSPS) is 15.1. The molecule has 2 aromatic rings. The van der Waals surface area contributed by atoms with Crippen LogP contribution in [0, 0.1) is 0 Å². The fourth-order valence-electron chi connectivity index (χ4n) is 3.23. The van der Waals surface area contributed by atoms with Crippen LogP contribution in [-0.4, -0.2) is 36.3 Å². The van der Waals surface area contributed by atoms with Crippen molar-refractivity contribution in [1.29, 1.82) is 0 Å². The Labute approximate surface area is 150 Å². The van der Waals surface area contributed by atoms with Crippen LogP contribution < -0.4 is 10.6 Å². The minimum atomic E-state index is 0.522. The number of nitrogens with zero attached hydrogens (tertiary/aromatic N) is 2. The molecule has 1 aromatic carbocycles. The van der Waals surface area contributed by atoms with Crippen LogP contribution in [0.5, 0.6) is 0 Å². The molecule has 0 bridgehead atoms. The Balaban J connectivity index is 1.77. The SMILES string of the molecule is COCCCNc1nc(NC2CCCCC2)cc(-c2ccccc2)n1. The summed E-state index contributed by atoms with van der Waals surface area (Å²) < 4.78 is 5.10. The zero-order chi connectivity index (χ0) is 17.3. The predicted molar refractivity (Wildman–Crippen MR) is 103 cm³/mol. The highest BCUT2D eigenvalue weighted by Gasteiger charge is 2.15. The summed E-state index contributed by atoms with van der Waals surface area (Å²) in [5, 5.41) is 6.94. The molecule has 1 saturated carbocycles. The van der Waals surface area contributed by atoms with Crippen molar-refractivity contribution in [2.75, 3.05) is 30.9 Å². The number of benzene rings is 1. The van der Waals surface area contributed by atoms with Crippen molar-refractivity contribution in [1.82, 2.24) is 9.97 Å². The molecule has 0 saturated heterocycles. The van der Waals surface area contributed by atoms with E-state index in [2.05, 4.69) is 33.8 Å². The van der Waals surface area contributed by atoms with Crippen LogP contribution in [0.25, 0.3) is 11.3 Å². The largest absolute Gasteiger partial charge is 0.385 e. The molecule has 5 heteroatoms. The van der Waals surface area contributed by atoms with Crippen LogP contribution in [0.1, 0.15) is 38.5 Å². The van der Waals surface area contributed by atoms with Crippen molar-refractivity contribution >= 4 is 11.8 Å². The molecule has 0 atom stereocenters.